The Bertz CT molecular complexity index is 577. The van der Waals surface area contributed by atoms with Crippen molar-refractivity contribution < 1.29 is 9.90 Å². The van der Waals surface area contributed by atoms with Gasteiger partial charge in [0.1, 0.15) is 5.82 Å². The zero-order valence-electron chi connectivity index (χ0n) is 15.8. The number of nitrogens with one attached hydrogen (secondary N) is 2. The molecule has 1 heterocycles. The number of amides is 2. The lowest BCUT2D eigenvalue weighted by atomic mass is 9.92. The van der Waals surface area contributed by atoms with Gasteiger partial charge in [-0.15, -0.1) is 0 Å². The van der Waals surface area contributed by atoms with Crippen LogP contribution in [0.2, 0.25) is 0 Å². The van der Waals surface area contributed by atoms with Crippen LogP contribution in [-0.4, -0.2) is 33.6 Å². The zero-order chi connectivity index (χ0) is 18.1. The molecule has 0 aliphatic heterocycles. The van der Waals surface area contributed by atoms with Crippen LogP contribution in [0.5, 0.6) is 0 Å². The Balaban J connectivity index is 2.15. The molecule has 0 radical (unpaired) electrons. The van der Waals surface area contributed by atoms with Crippen LogP contribution in [0, 0.1) is 5.92 Å². The third-order valence-electron chi connectivity index (χ3n) is 4.30. The number of aromatic nitrogens is 2. The summed E-state index contributed by atoms with van der Waals surface area (Å²) in [5.74, 6) is 1.20. The summed E-state index contributed by atoms with van der Waals surface area (Å²) in [6.07, 6.45) is 2.85. The van der Waals surface area contributed by atoms with Gasteiger partial charge in [-0.2, -0.15) is 5.10 Å². The van der Waals surface area contributed by atoms with Crippen LogP contribution in [0.15, 0.2) is 6.07 Å². The van der Waals surface area contributed by atoms with Gasteiger partial charge in [-0.05, 0) is 46.0 Å². The molecule has 1 atom stereocenters. The van der Waals surface area contributed by atoms with Gasteiger partial charge in [-0.25, -0.2) is 9.48 Å². The van der Waals surface area contributed by atoms with Gasteiger partial charge in [0.05, 0.1) is 11.2 Å². The molecule has 2 rings (SSSR count). The Morgan fingerprint density at radius 2 is 1.96 bits per heavy atom. The van der Waals surface area contributed by atoms with Crippen molar-refractivity contribution in [2.75, 3.05) is 11.9 Å². The number of aliphatic hydroxyl groups excluding tert-OH is 1. The monoisotopic (exact) mass is 336 g/mol. The molecule has 1 saturated carbocycles. The summed E-state index contributed by atoms with van der Waals surface area (Å²) in [5, 5.41) is 19.8. The minimum Gasteiger partial charge on any atom is -0.396 e. The van der Waals surface area contributed by atoms with Gasteiger partial charge in [-0.3, -0.25) is 5.32 Å². The summed E-state index contributed by atoms with van der Waals surface area (Å²) in [5.41, 5.74) is 0.631. The van der Waals surface area contributed by atoms with Crippen LogP contribution >= 0.6 is 0 Å². The standard InChI is InChI=1S/C18H32N4O2/c1-17(2,3)14-11-15(22(21-14)18(4,5)6)20-16(24)19-13(9-10-23)12-7-8-12/h11-13,23H,7-10H2,1-6H3,(H2,19,20,24). The maximum Gasteiger partial charge on any atom is 0.320 e. The average molecular weight is 336 g/mol. The van der Waals surface area contributed by atoms with E-state index in [-0.39, 0.29) is 29.6 Å². The minimum atomic E-state index is -0.230. The molecule has 1 aliphatic rings. The highest BCUT2D eigenvalue weighted by Crippen LogP contribution is 2.34. The molecule has 3 N–H and O–H groups in total. The second-order valence-electron chi connectivity index (χ2n) is 8.80. The molecule has 0 aromatic carbocycles. The van der Waals surface area contributed by atoms with Crippen molar-refractivity contribution in [3.63, 3.8) is 0 Å². The SMILES string of the molecule is CC(C)(C)c1cc(NC(=O)NC(CCO)C2CC2)n(C(C)(C)C)n1. The lowest BCUT2D eigenvalue weighted by Crippen LogP contribution is -2.40. The van der Waals surface area contributed by atoms with Crippen LogP contribution in [0.25, 0.3) is 0 Å². The van der Waals surface area contributed by atoms with Crippen molar-refractivity contribution in [1.82, 2.24) is 15.1 Å². The zero-order valence-corrected chi connectivity index (χ0v) is 15.8. The van der Waals surface area contributed by atoms with Crippen molar-refractivity contribution in [2.45, 2.75) is 77.8 Å². The molecule has 1 fully saturated rings. The maximum atomic E-state index is 12.4. The second kappa shape index (κ2) is 6.75. The Labute approximate surface area is 145 Å². The highest BCUT2D eigenvalue weighted by Gasteiger charge is 2.32. The van der Waals surface area contributed by atoms with E-state index in [9.17, 15) is 9.90 Å². The molecule has 1 aliphatic carbocycles. The highest BCUT2D eigenvalue weighted by molar-refractivity contribution is 5.88. The molecule has 1 aromatic rings. The first-order valence-electron chi connectivity index (χ1n) is 8.82. The smallest absolute Gasteiger partial charge is 0.320 e. The second-order valence-corrected chi connectivity index (χ2v) is 8.80. The molecule has 0 saturated heterocycles. The van der Waals surface area contributed by atoms with E-state index < -0.39 is 0 Å². The van der Waals surface area contributed by atoms with Crippen molar-refractivity contribution in [1.29, 1.82) is 0 Å². The first kappa shape index (κ1) is 18.8. The van der Waals surface area contributed by atoms with Gasteiger partial charge in [0, 0.05) is 24.1 Å². The van der Waals surface area contributed by atoms with Gasteiger partial charge < -0.3 is 10.4 Å². The summed E-state index contributed by atoms with van der Waals surface area (Å²) in [7, 11) is 0. The molecule has 1 unspecified atom stereocenters. The molecule has 136 valence electrons. The van der Waals surface area contributed by atoms with Gasteiger partial charge in [0.25, 0.3) is 0 Å². The Hall–Kier alpha value is -1.56. The number of nitrogens with zero attached hydrogens (tertiary/aromatic N) is 2. The highest BCUT2D eigenvalue weighted by atomic mass is 16.3. The van der Waals surface area contributed by atoms with Gasteiger partial charge in [-0.1, -0.05) is 20.8 Å². The van der Waals surface area contributed by atoms with E-state index >= 15 is 0 Å². The molecule has 0 spiro atoms. The fourth-order valence-corrected chi connectivity index (χ4v) is 2.73. The molecular weight excluding hydrogens is 304 g/mol. The van der Waals surface area contributed by atoms with E-state index in [0.29, 0.717) is 18.2 Å². The van der Waals surface area contributed by atoms with Crippen molar-refractivity contribution in [3.8, 4) is 0 Å². The molecule has 6 nitrogen and oxygen atoms in total. The van der Waals surface area contributed by atoms with Crippen LogP contribution in [0.3, 0.4) is 0 Å². The fraction of sp³-hybridized carbons (Fsp3) is 0.778. The number of anilines is 1. The number of aliphatic hydroxyl groups is 1. The average Bonchev–Trinajstić information content (AvgIpc) is 3.16. The third-order valence-corrected chi connectivity index (χ3v) is 4.30. The first-order valence-corrected chi connectivity index (χ1v) is 8.82. The Morgan fingerprint density at radius 1 is 1.33 bits per heavy atom. The maximum absolute atomic E-state index is 12.4. The van der Waals surface area contributed by atoms with Gasteiger partial charge in [0.2, 0.25) is 0 Å². The molecule has 0 bridgehead atoms. The predicted octanol–water partition coefficient (Wildman–Crippen LogP) is 3.22. The van der Waals surface area contributed by atoms with E-state index in [1.54, 1.807) is 0 Å². The van der Waals surface area contributed by atoms with Crippen LogP contribution in [0.4, 0.5) is 10.6 Å². The summed E-state index contributed by atoms with van der Waals surface area (Å²) >= 11 is 0. The minimum absolute atomic E-state index is 0.0445. The number of hydrogen-bond donors (Lipinski definition) is 3. The van der Waals surface area contributed by atoms with E-state index in [1.165, 1.54) is 0 Å². The fourth-order valence-electron chi connectivity index (χ4n) is 2.73. The van der Waals surface area contributed by atoms with Crippen LogP contribution in [0.1, 0.15) is 66.5 Å². The molecule has 2 amide bonds. The molecule has 24 heavy (non-hydrogen) atoms. The van der Waals surface area contributed by atoms with Gasteiger partial charge in [0.15, 0.2) is 0 Å². The van der Waals surface area contributed by atoms with E-state index in [2.05, 4.69) is 52.2 Å². The topological polar surface area (TPSA) is 79.2 Å². The lowest BCUT2D eigenvalue weighted by molar-refractivity contribution is 0.234. The normalized spacial score (nSPS) is 16.8. The quantitative estimate of drug-likeness (QED) is 0.772. The van der Waals surface area contributed by atoms with Crippen molar-refractivity contribution in [2.24, 2.45) is 5.92 Å². The van der Waals surface area contributed by atoms with Crippen LogP contribution in [-0.2, 0) is 11.0 Å². The number of rotatable bonds is 5. The number of carbonyl (C=O) groups is 1. The van der Waals surface area contributed by atoms with Crippen LogP contribution < -0.4 is 10.6 Å². The summed E-state index contributed by atoms with van der Waals surface area (Å²) in [6.45, 7) is 12.6. The predicted molar refractivity (Wildman–Crippen MR) is 96.3 cm³/mol. The number of urea groups is 1. The Kier molecular flexibility index (Phi) is 5.28. The van der Waals surface area contributed by atoms with Crippen molar-refractivity contribution >= 4 is 11.8 Å². The summed E-state index contributed by atoms with van der Waals surface area (Å²) in [4.78, 5) is 12.4. The van der Waals surface area contributed by atoms with E-state index in [0.717, 1.165) is 18.5 Å². The Morgan fingerprint density at radius 3 is 2.42 bits per heavy atom. The molecule has 6 heteroatoms. The first-order chi connectivity index (χ1) is 11.0. The summed E-state index contributed by atoms with van der Waals surface area (Å²) in [6, 6.07) is 1.76. The van der Waals surface area contributed by atoms with Crippen molar-refractivity contribution in [3.05, 3.63) is 11.8 Å². The number of hydrogen-bond acceptors (Lipinski definition) is 3. The number of carbonyl (C=O) groups excluding carboxylic acids is 1. The largest absolute Gasteiger partial charge is 0.396 e. The van der Waals surface area contributed by atoms with E-state index in [4.69, 9.17) is 5.10 Å². The third kappa shape index (κ3) is 4.72. The van der Waals surface area contributed by atoms with E-state index in [1.807, 2.05) is 10.7 Å². The molecular formula is C18H32N4O2. The molecule has 1 aromatic heterocycles. The lowest BCUT2D eigenvalue weighted by Gasteiger charge is -2.23. The summed E-state index contributed by atoms with van der Waals surface area (Å²) < 4.78 is 1.87. The van der Waals surface area contributed by atoms with Gasteiger partial charge >= 0.3 is 6.03 Å².